The van der Waals surface area contributed by atoms with Crippen LogP contribution in [0.15, 0.2) is 12.2 Å². The molecule has 0 N–H and O–H groups in total. The second-order valence-electron chi connectivity index (χ2n) is 4.48. The van der Waals surface area contributed by atoms with Gasteiger partial charge in [0.2, 0.25) is 0 Å². The molecule has 0 fully saturated rings. The third kappa shape index (κ3) is 13.4. The summed E-state index contributed by atoms with van der Waals surface area (Å²) in [5, 5.41) is 0. The van der Waals surface area contributed by atoms with Crippen molar-refractivity contribution in [3.63, 3.8) is 0 Å². The van der Waals surface area contributed by atoms with Crippen molar-refractivity contribution in [2.45, 2.75) is 51.9 Å². The fraction of sp³-hybridized carbons (Fsp3) is 0.733. The number of rotatable bonds is 12. The highest BCUT2D eigenvalue weighted by Gasteiger charge is 2.01. The quantitative estimate of drug-likeness (QED) is 0.239. The molecule has 0 aromatic rings. The van der Waals surface area contributed by atoms with Crippen LogP contribution >= 0.6 is 11.6 Å². The van der Waals surface area contributed by atoms with Crippen LogP contribution in [0.1, 0.15) is 51.9 Å². The van der Waals surface area contributed by atoms with Crippen LogP contribution in [0.5, 0.6) is 0 Å². The Bertz CT molecular complexity index is 290. The smallest absolute Gasteiger partial charge is 0.331 e. The van der Waals surface area contributed by atoms with E-state index in [2.05, 4.69) is 6.92 Å². The van der Waals surface area contributed by atoms with Crippen LogP contribution in [0.25, 0.3) is 0 Å². The molecule has 5 heteroatoms. The van der Waals surface area contributed by atoms with Gasteiger partial charge in [-0.1, -0.05) is 32.6 Å². The van der Waals surface area contributed by atoms with Crippen molar-refractivity contribution in [3.8, 4) is 0 Å². The normalized spacial score (nSPS) is 10.7. The molecule has 0 atom stereocenters. The summed E-state index contributed by atoms with van der Waals surface area (Å²) < 4.78 is 9.87. The number of carbonyl (C=O) groups excluding carboxylic acids is 2. The van der Waals surface area contributed by atoms with Gasteiger partial charge in [-0.15, -0.1) is 11.6 Å². The Morgan fingerprint density at radius 2 is 1.35 bits per heavy atom. The molecule has 0 heterocycles. The number of hydrogen-bond donors (Lipinski definition) is 0. The monoisotopic (exact) mass is 304 g/mol. The first-order chi connectivity index (χ1) is 9.70. The summed E-state index contributed by atoms with van der Waals surface area (Å²) in [6.07, 6.45) is 9.01. The van der Waals surface area contributed by atoms with Gasteiger partial charge in [-0.2, -0.15) is 0 Å². The lowest BCUT2D eigenvalue weighted by Crippen LogP contribution is -2.06. The van der Waals surface area contributed by atoms with Crippen molar-refractivity contribution in [2.75, 3.05) is 19.1 Å². The molecule has 0 aromatic carbocycles. The molecule has 0 rings (SSSR count). The molecule has 4 nitrogen and oxygen atoms in total. The van der Waals surface area contributed by atoms with E-state index in [9.17, 15) is 9.59 Å². The summed E-state index contributed by atoms with van der Waals surface area (Å²) >= 11 is 5.55. The van der Waals surface area contributed by atoms with Crippen molar-refractivity contribution in [2.24, 2.45) is 0 Å². The SMILES string of the molecule is CCCCCOC(=O)/C=C/C(=O)OCCCCCCCl. The largest absolute Gasteiger partial charge is 0.463 e. The molecule has 0 aromatic heterocycles. The summed E-state index contributed by atoms with van der Waals surface area (Å²) in [6, 6.07) is 0. The van der Waals surface area contributed by atoms with Crippen LogP contribution in [-0.2, 0) is 19.1 Å². The van der Waals surface area contributed by atoms with Gasteiger partial charge in [0, 0.05) is 18.0 Å². The lowest BCUT2D eigenvalue weighted by Gasteiger charge is -2.02. The van der Waals surface area contributed by atoms with Crippen molar-refractivity contribution in [1.82, 2.24) is 0 Å². The minimum Gasteiger partial charge on any atom is -0.463 e. The molecule has 116 valence electrons. The number of esters is 2. The van der Waals surface area contributed by atoms with Gasteiger partial charge < -0.3 is 9.47 Å². The Balaban J connectivity index is 3.53. The zero-order chi connectivity index (χ0) is 15.1. The molecule has 0 saturated heterocycles. The molecule has 0 aliphatic heterocycles. The second kappa shape index (κ2) is 14.4. The van der Waals surface area contributed by atoms with Gasteiger partial charge in [0.1, 0.15) is 0 Å². The number of ether oxygens (including phenoxy) is 2. The van der Waals surface area contributed by atoms with Crippen molar-refractivity contribution in [3.05, 3.63) is 12.2 Å². The van der Waals surface area contributed by atoms with E-state index in [0.29, 0.717) is 19.1 Å². The summed E-state index contributed by atoms with van der Waals surface area (Å²) in [7, 11) is 0. The van der Waals surface area contributed by atoms with E-state index in [1.165, 1.54) is 0 Å². The Morgan fingerprint density at radius 1 is 0.850 bits per heavy atom. The molecule has 0 bridgehead atoms. The van der Waals surface area contributed by atoms with E-state index in [1.807, 2.05) is 0 Å². The van der Waals surface area contributed by atoms with Gasteiger partial charge >= 0.3 is 11.9 Å². The number of hydrogen-bond acceptors (Lipinski definition) is 4. The minimum atomic E-state index is -0.507. The summed E-state index contributed by atoms with van der Waals surface area (Å²) in [4.78, 5) is 22.5. The zero-order valence-corrected chi connectivity index (χ0v) is 13.0. The van der Waals surface area contributed by atoms with Crippen LogP contribution < -0.4 is 0 Å². The molecular weight excluding hydrogens is 280 g/mol. The molecule has 0 spiro atoms. The number of unbranched alkanes of at least 4 members (excludes halogenated alkanes) is 5. The van der Waals surface area contributed by atoms with E-state index < -0.39 is 11.9 Å². The number of halogens is 1. The van der Waals surface area contributed by atoms with E-state index in [1.54, 1.807) is 0 Å². The highest BCUT2D eigenvalue weighted by atomic mass is 35.5. The third-order valence-corrected chi connectivity index (χ3v) is 2.89. The second-order valence-corrected chi connectivity index (χ2v) is 4.86. The maximum absolute atomic E-state index is 11.3. The Labute approximate surface area is 126 Å². The lowest BCUT2D eigenvalue weighted by molar-refractivity contribution is -0.140. The first kappa shape index (κ1) is 19.0. The predicted octanol–water partition coefficient (Wildman–Crippen LogP) is 3.62. The van der Waals surface area contributed by atoms with Crippen LogP contribution in [0.3, 0.4) is 0 Å². The van der Waals surface area contributed by atoms with E-state index >= 15 is 0 Å². The van der Waals surface area contributed by atoms with Crippen LogP contribution in [0, 0.1) is 0 Å². The van der Waals surface area contributed by atoms with Crippen LogP contribution in [0.4, 0.5) is 0 Å². The predicted molar refractivity (Wildman–Crippen MR) is 79.8 cm³/mol. The van der Waals surface area contributed by atoms with Crippen LogP contribution in [0.2, 0.25) is 0 Å². The molecule has 0 unspecified atom stereocenters. The first-order valence-corrected chi connectivity index (χ1v) is 7.81. The topological polar surface area (TPSA) is 52.6 Å². The van der Waals surface area contributed by atoms with Crippen molar-refractivity contribution >= 4 is 23.5 Å². The molecule has 0 aliphatic rings. The summed E-state index contributed by atoms with van der Waals surface area (Å²) in [5.74, 6) is -0.337. The van der Waals surface area contributed by atoms with Gasteiger partial charge in [0.25, 0.3) is 0 Å². The minimum absolute atomic E-state index is 0.372. The fourth-order valence-electron chi connectivity index (χ4n) is 1.48. The van der Waals surface area contributed by atoms with Gasteiger partial charge in [-0.05, 0) is 19.3 Å². The van der Waals surface area contributed by atoms with E-state index in [0.717, 1.165) is 57.1 Å². The Hall–Kier alpha value is -1.03. The average molecular weight is 305 g/mol. The Morgan fingerprint density at radius 3 is 1.85 bits per heavy atom. The third-order valence-electron chi connectivity index (χ3n) is 2.62. The number of carbonyl (C=O) groups is 2. The van der Waals surface area contributed by atoms with Crippen molar-refractivity contribution in [1.29, 1.82) is 0 Å². The standard InChI is InChI=1S/C15H25ClO4/c1-2-3-7-12-19-14(17)9-10-15(18)20-13-8-5-4-6-11-16/h9-10H,2-8,11-13H2,1H3/b10-9+. The first-order valence-electron chi connectivity index (χ1n) is 7.28. The van der Waals surface area contributed by atoms with Gasteiger partial charge in [-0.3, -0.25) is 0 Å². The molecule has 0 saturated carbocycles. The molecule has 20 heavy (non-hydrogen) atoms. The zero-order valence-electron chi connectivity index (χ0n) is 12.2. The van der Waals surface area contributed by atoms with Gasteiger partial charge in [-0.25, -0.2) is 9.59 Å². The Kier molecular flexibility index (Phi) is 13.6. The molecular formula is C15H25ClO4. The highest BCUT2D eigenvalue weighted by Crippen LogP contribution is 2.01. The molecule has 0 radical (unpaired) electrons. The maximum atomic E-state index is 11.3. The fourth-order valence-corrected chi connectivity index (χ4v) is 1.67. The van der Waals surface area contributed by atoms with Crippen molar-refractivity contribution < 1.29 is 19.1 Å². The molecule has 0 amide bonds. The van der Waals surface area contributed by atoms with Gasteiger partial charge in [0.15, 0.2) is 0 Å². The maximum Gasteiger partial charge on any atom is 0.331 e. The molecule has 0 aliphatic carbocycles. The summed E-state index contributed by atoms with van der Waals surface area (Å²) in [5.41, 5.74) is 0. The lowest BCUT2D eigenvalue weighted by atomic mass is 10.2. The average Bonchev–Trinajstić information content (AvgIpc) is 2.45. The van der Waals surface area contributed by atoms with Crippen LogP contribution in [-0.4, -0.2) is 31.0 Å². The summed E-state index contributed by atoms with van der Waals surface area (Å²) in [6.45, 7) is 2.84. The van der Waals surface area contributed by atoms with Gasteiger partial charge in [0.05, 0.1) is 13.2 Å². The number of alkyl halides is 1. The van der Waals surface area contributed by atoms with E-state index in [-0.39, 0.29) is 0 Å². The van der Waals surface area contributed by atoms with E-state index in [4.69, 9.17) is 21.1 Å². The highest BCUT2D eigenvalue weighted by molar-refractivity contribution is 6.17.